The number of halogens is 2. The highest BCUT2D eigenvalue weighted by Gasteiger charge is 2.38. The van der Waals surface area contributed by atoms with Gasteiger partial charge in [0.2, 0.25) is 0 Å². The molecule has 0 radical (unpaired) electrons. The first-order chi connectivity index (χ1) is 11.7. The van der Waals surface area contributed by atoms with E-state index in [2.05, 4.69) is 22.4 Å². The summed E-state index contributed by atoms with van der Waals surface area (Å²) in [6.45, 7) is 0.663. The van der Waals surface area contributed by atoms with Crippen LogP contribution in [0.5, 0.6) is 0 Å². The lowest BCUT2D eigenvalue weighted by molar-refractivity contribution is 0.183. The Labute approximate surface area is 145 Å². The van der Waals surface area contributed by atoms with Gasteiger partial charge in [0.05, 0.1) is 5.52 Å². The quantitative estimate of drug-likeness (QED) is 0.706. The zero-order valence-corrected chi connectivity index (χ0v) is 14.0. The van der Waals surface area contributed by atoms with E-state index < -0.39 is 0 Å². The smallest absolute Gasteiger partial charge is 0.132 e. The summed E-state index contributed by atoms with van der Waals surface area (Å²) in [7, 11) is 0. The van der Waals surface area contributed by atoms with Crippen molar-refractivity contribution in [1.29, 1.82) is 0 Å². The number of rotatable bonds is 4. The van der Waals surface area contributed by atoms with Crippen LogP contribution in [0.15, 0.2) is 54.7 Å². The van der Waals surface area contributed by atoms with Gasteiger partial charge >= 0.3 is 0 Å². The molecule has 0 aliphatic heterocycles. The Morgan fingerprint density at radius 1 is 1.08 bits per heavy atom. The van der Waals surface area contributed by atoms with Crippen LogP contribution in [0.3, 0.4) is 0 Å². The molecule has 0 spiro atoms. The second-order valence-electron chi connectivity index (χ2n) is 6.40. The van der Waals surface area contributed by atoms with Gasteiger partial charge in [0.15, 0.2) is 0 Å². The van der Waals surface area contributed by atoms with E-state index in [1.807, 2.05) is 18.2 Å². The van der Waals surface area contributed by atoms with Crippen LogP contribution in [-0.2, 0) is 12.1 Å². The average molecular weight is 341 g/mol. The molecule has 3 aromatic rings. The number of aromatic nitrogens is 1. The maximum Gasteiger partial charge on any atom is 0.132 e. The van der Waals surface area contributed by atoms with Crippen LogP contribution in [0, 0.1) is 5.82 Å². The van der Waals surface area contributed by atoms with E-state index >= 15 is 0 Å². The van der Waals surface area contributed by atoms with Crippen LogP contribution in [-0.4, -0.2) is 4.98 Å². The number of benzene rings is 2. The van der Waals surface area contributed by atoms with Crippen molar-refractivity contribution < 1.29 is 4.39 Å². The van der Waals surface area contributed by atoms with Gasteiger partial charge in [-0.1, -0.05) is 29.8 Å². The summed E-state index contributed by atoms with van der Waals surface area (Å²) in [6.07, 6.45) is 5.12. The number of hydrogen-bond donors (Lipinski definition) is 1. The van der Waals surface area contributed by atoms with E-state index in [1.54, 1.807) is 18.3 Å². The molecule has 122 valence electrons. The fraction of sp³-hybridized carbons (Fsp3) is 0.250. The minimum Gasteiger partial charge on any atom is -0.303 e. The molecular weight excluding hydrogens is 323 g/mol. The molecule has 0 amide bonds. The molecular formula is C20H18ClFN2. The number of pyridine rings is 1. The van der Waals surface area contributed by atoms with E-state index in [1.165, 1.54) is 18.1 Å². The molecule has 24 heavy (non-hydrogen) atoms. The van der Waals surface area contributed by atoms with Crippen molar-refractivity contribution in [3.05, 3.63) is 76.7 Å². The molecule has 1 fully saturated rings. The second kappa shape index (κ2) is 6.15. The normalized spacial score (nSPS) is 16.1. The lowest BCUT2D eigenvalue weighted by atomic mass is 9.71. The van der Waals surface area contributed by atoms with Gasteiger partial charge in [-0.15, -0.1) is 0 Å². The first-order valence-corrected chi connectivity index (χ1v) is 8.59. The predicted molar refractivity (Wildman–Crippen MR) is 95.5 cm³/mol. The van der Waals surface area contributed by atoms with Crippen LogP contribution in [0.4, 0.5) is 4.39 Å². The minimum absolute atomic E-state index is 0.0138. The van der Waals surface area contributed by atoms with Crippen molar-refractivity contribution in [1.82, 2.24) is 10.3 Å². The molecule has 2 nitrogen and oxygen atoms in total. The van der Waals surface area contributed by atoms with Crippen LogP contribution < -0.4 is 5.32 Å². The third-order valence-electron chi connectivity index (χ3n) is 5.02. The lowest BCUT2D eigenvalue weighted by Gasteiger charge is -2.43. The zero-order chi connectivity index (χ0) is 16.6. The largest absolute Gasteiger partial charge is 0.303 e. The molecule has 1 aromatic heterocycles. The van der Waals surface area contributed by atoms with Crippen molar-refractivity contribution in [2.24, 2.45) is 0 Å². The van der Waals surface area contributed by atoms with Crippen LogP contribution >= 0.6 is 11.6 Å². The first-order valence-electron chi connectivity index (χ1n) is 8.21. The predicted octanol–water partition coefficient (Wildman–Crippen LogP) is 5.20. The van der Waals surface area contributed by atoms with Gasteiger partial charge in [0, 0.05) is 28.7 Å². The third kappa shape index (κ3) is 2.68. The molecule has 2 aromatic carbocycles. The Bertz CT molecular complexity index is 872. The summed E-state index contributed by atoms with van der Waals surface area (Å²) < 4.78 is 13.9. The minimum atomic E-state index is -0.224. The second-order valence-corrected chi connectivity index (χ2v) is 6.84. The Hall–Kier alpha value is -1.97. The summed E-state index contributed by atoms with van der Waals surface area (Å²) in [6, 6.07) is 15.0. The Kier molecular flexibility index (Phi) is 3.99. The fourth-order valence-electron chi connectivity index (χ4n) is 3.47. The summed E-state index contributed by atoms with van der Waals surface area (Å²) in [5.74, 6) is -0.224. The van der Waals surface area contributed by atoms with E-state index in [0.717, 1.165) is 28.9 Å². The molecule has 1 aliphatic carbocycles. The van der Waals surface area contributed by atoms with E-state index in [-0.39, 0.29) is 11.4 Å². The zero-order valence-electron chi connectivity index (χ0n) is 13.2. The van der Waals surface area contributed by atoms with Crippen molar-refractivity contribution >= 4 is 22.5 Å². The highest BCUT2D eigenvalue weighted by molar-refractivity contribution is 6.30. The van der Waals surface area contributed by atoms with E-state index in [0.29, 0.717) is 11.9 Å². The molecule has 0 bridgehead atoms. The SMILES string of the molecule is Fc1ccc(CNC2(c3ccc(Cl)cc3)CCC2)c2ncccc12. The molecule has 4 heteroatoms. The average Bonchev–Trinajstić information content (AvgIpc) is 2.57. The molecule has 1 N–H and O–H groups in total. The van der Waals surface area contributed by atoms with Crippen molar-refractivity contribution in [3.8, 4) is 0 Å². The van der Waals surface area contributed by atoms with Crippen LogP contribution in [0.2, 0.25) is 5.02 Å². The summed E-state index contributed by atoms with van der Waals surface area (Å²) in [5, 5.41) is 5.02. The molecule has 1 heterocycles. The molecule has 1 saturated carbocycles. The topological polar surface area (TPSA) is 24.9 Å². The first kappa shape index (κ1) is 15.6. The lowest BCUT2D eigenvalue weighted by Crippen LogP contribution is -2.47. The standard InChI is InChI=1S/C20H18ClFN2/c21-16-7-5-15(6-8-16)20(10-2-11-20)24-13-14-4-9-18(22)17-3-1-12-23-19(14)17/h1,3-9,12,24H,2,10-11,13H2. The van der Waals surface area contributed by atoms with Gasteiger partial charge in [-0.2, -0.15) is 0 Å². The van der Waals surface area contributed by atoms with E-state index in [9.17, 15) is 4.39 Å². The van der Waals surface area contributed by atoms with Crippen molar-refractivity contribution in [2.45, 2.75) is 31.3 Å². The van der Waals surface area contributed by atoms with Gasteiger partial charge in [0.1, 0.15) is 5.82 Å². The highest BCUT2D eigenvalue weighted by atomic mass is 35.5. The van der Waals surface area contributed by atoms with Crippen molar-refractivity contribution in [2.75, 3.05) is 0 Å². The third-order valence-corrected chi connectivity index (χ3v) is 5.27. The molecule has 0 saturated heterocycles. The Balaban J connectivity index is 1.62. The molecule has 0 unspecified atom stereocenters. The van der Waals surface area contributed by atoms with Gasteiger partial charge in [-0.25, -0.2) is 4.39 Å². The maximum absolute atomic E-state index is 13.9. The van der Waals surface area contributed by atoms with Gasteiger partial charge in [0.25, 0.3) is 0 Å². The summed E-state index contributed by atoms with van der Waals surface area (Å²) in [5.41, 5.74) is 3.00. The fourth-order valence-corrected chi connectivity index (χ4v) is 3.60. The number of nitrogens with one attached hydrogen (secondary N) is 1. The Morgan fingerprint density at radius 3 is 2.58 bits per heavy atom. The van der Waals surface area contributed by atoms with Gasteiger partial charge in [-0.3, -0.25) is 4.98 Å². The van der Waals surface area contributed by atoms with Gasteiger partial charge in [-0.05, 0) is 60.7 Å². The number of nitrogens with zero attached hydrogens (tertiary/aromatic N) is 1. The highest BCUT2D eigenvalue weighted by Crippen LogP contribution is 2.42. The van der Waals surface area contributed by atoms with Gasteiger partial charge < -0.3 is 5.32 Å². The number of hydrogen-bond acceptors (Lipinski definition) is 2. The van der Waals surface area contributed by atoms with Crippen LogP contribution in [0.25, 0.3) is 10.9 Å². The molecule has 1 aliphatic rings. The maximum atomic E-state index is 13.9. The van der Waals surface area contributed by atoms with Crippen molar-refractivity contribution in [3.63, 3.8) is 0 Å². The van der Waals surface area contributed by atoms with Crippen LogP contribution in [0.1, 0.15) is 30.4 Å². The summed E-state index contributed by atoms with van der Waals surface area (Å²) in [4.78, 5) is 4.37. The number of fused-ring (bicyclic) bond motifs is 1. The molecule has 0 atom stereocenters. The summed E-state index contributed by atoms with van der Waals surface area (Å²) >= 11 is 6.01. The monoisotopic (exact) mass is 340 g/mol. The Morgan fingerprint density at radius 2 is 1.88 bits per heavy atom. The van der Waals surface area contributed by atoms with E-state index in [4.69, 9.17) is 11.6 Å². The molecule has 4 rings (SSSR count).